The minimum atomic E-state index is -1.06. The number of benzene rings is 1. The third-order valence-electron chi connectivity index (χ3n) is 3.57. The van der Waals surface area contributed by atoms with Gasteiger partial charge in [-0.25, -0.2) is 4.79 Å². The molecule has 2 rings (SSSR count). The van der Waals surface area contributed by atoms with Crippen LogP contribution in [0.1, 0.15) is 36.2 Å². The van der Waals surface area contributed by atoms with Crippen molar-refractivity contribution in [2.24, 2.45) is 5.92 Å². The summed E-state index contributed by atoms with van der Waals surface area (Å²) in [6, 6.07) is 6.29. The number of carboxylic acids is 1. The van der Waals surface area contributed by atoms with Crippen molar-refractivity contribution in [1.29, 1.82) is 0 Å². The topological polar surface area (TPSA) is 86.7 Å². The number of nitrogens with one attached hydrogen (secondary N) is 1. The second-order valence-corrected chi connectivity index (χ2v) is 5.91. The summed E-state index contributed by atoms with van der Waals surface area (Å²) in [5.41, 5.74) is 1.49. The number of hydrogen-bond acceptors (Lipinski definition) is 3. The molecule has 0 spiro atoms. The van der Waals surface area contributed by atoms with Crippen LogP contribution in [0.4, 0.5) is 0 Å². The second kappa shape index (κ2) is 6.60. The number of carbonyl (C=O) groups is 3. The molecule has 1 unspecified atom stereocenters. The van der Waals surface area contributed by atoms with Gasteiger partial charge in [-0.3, -0.25) is 9.59 Å². The number of rotatable bonds is 6. The standard InChI is InChI=1S/C16H20N2O4/c1-10(2)7-13(16(21)22)17-14(19)9-18-8-11-5-3-4-6-12(11)15(18)20/h3-6,10,13H,7-9H2,1-2H3,(H,17,19)(H,21,22). The largest absolute Gasteiger partial charge is 0.480 e. The summed E-state index contributed by atoms with van der Waals surface area (Å²) < 4.78 is 0. The first-order chi connectivity index (χ1) is 10.4. The number of fused-ring (bicyclic) bond motifs is 1. The summed E-state index contributed by atoms with van der Waals surface area (Å²) in [7, 11) is 0. The number of amides is 2. The van der Waals surface area contributed by atoms with Crippen LogP contribution in [0, 0.1) is 5.92 Å². The molecule has 2 N–H and O–H groups in total. The second-order valence-electron chi connectivity index (χ2n) is 5.91. The first kappa shape index (κ1) is 16.0. The molecule has 1 aliphatic heterocycles. The molecule has 0 saturated carbocycles. The van der Waals surface area contributed by atoms with E-state index in [-0.39, 0.29) is 18.4 Å². The quantitative estimate of drug-likeness (QED) is 0.828. The Morgan fingerprint density at radius 2 is 2.00 bits per heavy atom. The first-order valence-corrected chi connectivity index (χ1v) is 7.28. The monoisotopic (exact) mass is 304 g/mol. The van der Waals surface area contributed by atoms with Crippen molar-refractivity contribution in [2.45, 2.75) is 32.9 Å². The van der Waals surface area contributed by atoms with Gasteiger partial charge in [0.2, 0.25) is 5.91 Å². The summed E-state index contributed by atoms with van der Waals surface area (Å²) in [5, 5.41) is 11.6. The Kier molecular flexibility index (Phi) is 4.80. The average Bonchev–Trinajstić information content (AvgIpc) is 2.74. The highest BCUT2D eigenvalue weighted by Gasteiger charge is 2.29. The van der Waals surface area contributed by atoms with Gasteiger partial charge in [-0.15, -0.1) is 0 Å². The fourth-order valence-electron chi connectivity index (χ4n) is 2.55. The van der Waals surface area contributed by atoms with Crippen molar-refractivity contribution in [1.82, 2.24) is 10.2 Å². The van der Waals surface area contributed by atoms with Gasteiger partial charge in [-0.1, -0.05) is 32.0 Å². The van der Waals surface area contributed by atoms with E-state index in [0.717, 1.165) is 5.56 Å². The Morgan fingerprint density at radius 1 is 1.32 bits per heavy atom. The zero-order valence-electron chi connectivity index (χ0n) is 12.7. The highest BCUT2D eigenvalue weighted by molar-refractivity contribution is 6.00. The molecule has 0 fully saturated rings. The lowest BCUT2D eigenvalue weighted by atomic mass is 10.0. The van der Waals surface area contributed by atoms with Gasteiger partial charge in [-0.2, -0.15) is 0 Å². The lowest BCUT2D eigenvalue weighted by Gasteiger charge is -2.19. The molecular formula is C16H20N2O4. The van der Waals surface area contributed by atoms with Gasteiger partial charge in [0.05, 0.1) is 0 Å². The van der Waals surface area contributed by atoms with Crippen molar-refractivity contribution in [3.8, 4) is 0 Å². The van der Waals surface area contributed by atoms with E-state index in [2.05, 4.69) is 5.32 Å². The first-order valence-electron chi connectivity index (χ1n) is 7.28. The predicted molar refractivity (Wildman–Crippen MR) is 80.2 cm³/mol. The van der Waals surface area contributed by atoms with Gasteiger partial charge in [-0.05, 0) is 24.0 Å². The van der Waals surface area contributed by atoms with E-state index in [1.165, 1.54) is 4.90 Å². The Morgan fingerprint density at radius 3 is 2.59 bits per heavy atom. The van der Waals surface area contributed by atoms with Crippen LogP contribution < -0.4 is 5.32 Å². The van der Waals surface area contributed by atoms with Crippen molar-refractivity contribution in [2.75, 3.05) is 6.54 Å². The van der Waals surface area contributed by atoms with E-state index in [9.17, 15) is 14.4 Å². The van der Waals surface area contributed by atoms with Crippen LogP contribution in [-0.2, 0) is 16.1 Å². The summed E-state index contributed by atoms with van der Waals surface area (Å²) in [6.45, 7) is 4.03. The van der Waals surface area contributed by atoms with Crippen LogP contribution in [0.3, 0.4) is 0 Å². The third kappa shape index (κ3) is 3.63. The Bertz CT molecular complexity index is 598. The van der Waals surface area contributed by atoms with E-state index in [1.54, 1.807) is 12.1 Å². The molecule has 0 aromatic heterocycles. The van der Waals surface area contributed by atoms with E-state index in [1.807, 2.05) is 26.0 Å². The zero-order chi connectivity index (χ0) is 16.3. The van der Waals surface area contributed by atoms with Gasteiger partial charge in [0, 0.05) is 12.1 Å². The molecule has 1 heterocycles. The molecule has 0 aliphatic carbocycles. The molecule has 1 aromatic rings. The molecule has 0 saturated heterocycles. The van der Waals surface area contributed by atoms with Crippen LogP contribution in [0.5, 0.6) is 0 Å². The zero-order valence-corrected chi connectivity index (χ0v) is 12.7. The minimum Gasteiger partial charge on any atom is -0.480 e. The number of aliphatic carboxylic acids is 1. The molecule has 0 radical (unpaired) electrons. The highest BCUT2D eigenvalue weighted by atomic mass is 16.4. The number of nitrogens with zero attached hydrogens (tertiary/aromatic N) is 1. The van der Waals surface area contributed by atoms with Crippen LogP contribution in [0.25, 0.3) is 0 Å². The fourth-order valence-corrected chi connectivity index (χ4v) is 2.55. The fraction of sp³-hybridized carbons (Fsp3) is 0.438. The summed E-state index contributed by atoms with van der Waals surface area (Å²) >= 11 is 0. The van der Waals surface area contributed by atoms with Crippen molar-refractivity contribution in [3.05, 3.63) is 35.4 Å². The molecule has 22 heavy (non-hydrogen) atoms. The molecular weight excluding hydrogens is 284 g/mol. The van der Waals surface area contributed by atoms with E-state index < -0.39 is 17.9 Å². The van der Waals surface area contributed by atoms with Crippen LogP contribution >= 0.6 is 0 Å². The molecule has 6 heteroatoms. The van der Waals surface area contributed by atoms with Crippen molar-refractivity contribution < 1.29 is 19.5 Å². The molecule has 118 valence electrons. The summed E-state index contributed by atoms with van der Waals surface area (Å²) in [5.74, 6) is -1.55. The molecule has 1 aromatic carbocycles. The molecule has 1 atom stereocenters. The molecule has 2 amide bonds. The Balaban J connectivity index is 1.96. The number of carbonyl (C=O) groups excluding carboxylic acids is 2. The van der Waals surface area contributed by atoms with Crippen molar-refractivity contribution >= 4 is 17.8 Å². The molecule has 1 aliphatic rings. The smallest absolute Gasteiger partial charge is 0.326 e. The molecule has 6 nitrogen and oxygen atoms in total. The maximum absolute atomic E-state index is 12.2. The van der Waals surface area contributed by atoms with Crippen LogP contribution in [0.2, 0.25) is 0 Å². The lowest BCUT2D eigenvalue weighted by molar-refractivity contribution is -0.142. The maximum atomic E-state index is 12.2. The van der Waals surface area contributed by atoms with E-state index in [4.69, 9.17) is 5.11 Å². The van der Waals surface area contributed by atoms with E-state index >= 15 is 0 Å². The summed E-state index contributed by atoms with van der Waals surface area (Å²) in [6.07, 6.45) is 0.356. The van der Waals surface area contributed by atoms with Crippen LogP contribution in [0.15, 0.2) is 24.3 Å². The maximum Gasteiger partial charge on any atom is 0.326 e. The lowest BCUT2D eigenvalue weighted by Crippen LogP contribution is -2.46. The number of hydrogen-bond donors (Lipinski definition) is 2. The van der Waals surface area contributed by atoms with Crippen molar-refractivity contribution in [3.63, 3.8) is 0 Å². The van der Waals surface area contributed by atoms with Gasteiger partial charge >= 0.3 is 5.97 Å². The Labute approximate surface area is 129 Å². The van der Waals surface area contributed by atoms with Gasteiger partial charge in [0.1, 0.15) is 12.6 Å². The Hall–Kier alpha value is -2.37. The average molecular weight is 304 g/mol. The van der Waals surface area contributed by atoms with Gasteiger partial charge in [0.15, 0.2) is 0 Å². The molecule has 0 bridgehead atoms. The van der Waals surface area contributed by atoms with E-state index in [0.29, 0.717) is 18.5 Å². The minimum absolute atomic E-state index is 0.130. The normalized spacial score (nSPS) is 14.9. The van der Waals surface area contributed by atoms with Gasteiger partial charge in [0.25, 0.3) is 5.91 Å². The SMILES string of the molecule is CC(C)CC(NC(=O)CN1Cc2ccccc2C1=O)C(=O)O. The number of carboxylic acid groups (broad SMARTS) is 1. The van der Waals surface area contributed by atoms with Crippen LogP contribution in [-0.4, -0.2) is 40.4 Å². The van der Waals surface area contributed by atoms with Gasteiger partial charge < -0.3 is 15.3 Å². The predicted octanol–water partition coefficient (Wildman–Crippen LogP) is 1.26. The summed E-state index contributed by atoms with van der Waals surface area (Å²) in [4.78, 5) is 36.8. The third-order valence-corrected chi connectivity index (χ3v) is 3.57. The highest BCUT2D eigenvalue weighted by Crippen LogP contribution is 2.21.